The molecule has 1 fully saturated rings. The second kappa shape index (κ2) is 3.70. The third-order valence-corrected chi connectivity index (χ3v) is 4.31. The van der Waals surface area contributed by atoms with Crippen LogP contribution in [0.15, 0.2) is 18.2 Å². The van der Waals surface area contributed by atoms with E-state index in [9.17, 15) is 4.79 Å². The van der Waals surface area contributed by atoms with E-state index in [2.05, 4.69) is 51.4 Å². The summed E-state index contributed by atoms with van der Waals surface area (Å²) in [6.07, 6.45) is 1.82. The second-order valence-electron chi connectivity index (χ2n) is 4.48. The van der Waals surface area contributed by atoms with Gasteiger partial charge in [-0.1, -0.05) is 6.07 Å². The predicted molar refractivity (Wildman–Crippen MR) is 71.6 cm³/mol. The van der Waals surface area contributed by atoms with Crippen molar-refractivity contribution in [1.82, 2.24) is 5.32 Å². The van der Waals surface area contributed by atoms with Crippen LogP contribution in [0.5, 0.6) is 0 Å². The molecule has 1 aromatic rings. The lowest BCUT2D eigenvalue weighted by Gasteiger charge is -2.31. The second-order valence-corrected chi connectivity index (χ2v) is 5.72. The summed E-state index contributed by atoms with van der Waals surface area (Å²) < 4.78 is 1.17. The van der Waals surface area contributed by atoms with Crippen molar-refractivity contribution in [3.8, 4) is 0 Å². The molecule has 1 saturated heterocycles. The molecule has 16 heavy (non-hydrogen) atoms. The first kappa shape index (κ1) is 10.5. The van der Waals surface area contributed by atoms with E-state index in [4.69, 9.17) is 0 Å². The number of carbonyl (C=O) groups is 1. The number of amides is 1. The van der Waals surface area contributed by atoms with Crippen molar-refractivity contribution in [3.63, 3.8) is 0 Å². The Morgan fingerprint density at radius 1 is 1.25 bits per heavy atom. The molecule has 0 bridgehead atoms. The van der Waals surface area contributed by atoms with Gasteiger partial charge in [0, 0.05) is 9.26 Å². The number of anilines is 1. The summed E-state index contributed by atoms with van der Waals surface area (Å²) in [7, 11) is 0. The average molecular weight is 328 g/mol. The molecule has 2 aliphatic rings. The molecule has 2 heterocycles. The van der Waals surface area contributed by atoms with Crippen LogP contribution in [0.2, 0.25) is 0 Å². The first-order chi connectivity index (χ1) is 7.72. The van der Waals surface area contributed by atoms with Crippen LogP contribution >= 0.6 is 22.6 Å². The van der Waals surface area contributed by atoms with Crippen LogP contribution in [-0.2, 0) is 10.2 Å². The van der Waals surface area contributed by atoms with Gasteiger partial charge in [0.25, 0.3) is 0 Å². The fraction of sp³-hybridized carbons (Fsp3) is 0.417. The van der Waals surface area contributed by atoms with Gasteiger partial charge in [-0.25, -0.2) is 0 Å². The molecule has 0 aliphatic carbocycles. The van der Waals surface area contributed by atoms with E-state index in [0.29, 0.717) is 0 Å². The predicted octanol–water partition coefficient (Wildman–Crippen LogP) is 1.86. The molecule has 1 aromatic carbocycles. The van der Waals surface area contributed by atoms with Gasteiger partial charge in [-0.2, -0.15) is 0 Å². The number of fused-ring (bicyclic) bond motifs is 2. The lowest BCUT2D eigenvalue weighted by molar-refractivity contribution is -0.121. The molecule has 3 rings (SSSR count). The van der Waals surface area contributed by atoms with Gasteiger partial charge in [0.2, 0.25) is 5.91 Å². The Bertz CT molecular complexity index is 452. The number of rotatable bonds is 0. The summed E-state index contributed by atoms with van der Waals surface area (Å²) >= 11 is 2.28. The third-order valence-electron chi connectivity index (χ3n) is 3.64. The summed E-state index contributed by atoms with van der Waals surface area (Å²) in [5.41, 5.74) is 1.95. The lowest BCUT2D eigenvalue weighted by atomic mass is 9.74. The van der Waals surface area contributed by atoms with Gasteiger partial charge >= 0.3 is 0 Å². The molecule has 0 atom stereocenters. The van der Waals surface area contributed by atoms with Crippen molar-refractivity contribution in [2.45, 2.75) is 18.3 Å². The van der Waals surface area contributed by atoms with Crippen molar-refractivity contribution in [2.24, 2.45) is 0 Å². The Balaban J connectivity index is 2.11. The van der Waals surface area contributed by atoms with Gasteiger partial charge in [0.1, 0.15) is 0 Å². The Labute approximate surface area is 108 Å². The van der Waals surface area contributed by atoms with Crippen molar-refractivity contribution in [1.29, 1.82) is 0 Å². The van der Waals surface area contributed by atoms with Crippen LogP contribution in [0, 0.1) is 3.57 Å². The quantitative estimate of drug-likeness (QED) is 0.714. The molecule has 0 aromatic heterocycles. The zero-order valence-corrected chi connectivity index (χ0v) is 11.0. The highest BCUT2D eigenvalue weighted by molar-refractivity contribution is 14.1. The van der Waals surface area contributed by atoms with Crippen molar-refractivity contribution in [2.75, 3.05) is 18.4 Å². The summed E-state index contributed by atoms with van der Waals surface area (Å²) in [6, 6.07) is 6.26. The zero-order valence-electron chi connectivity index (χ0n) is 8.85. The van der Waals surface area contributed by atoms with Crippen LogP contribution < -0.4 is 10.6 Å². The first-order valence-corrected chi connectivity index (χ1v) is 6.62. The topological polar surface area (TPSA) is 41.1 Å². The molecule has 4 heteroatoms. The van der Waals surface area contributed by atoms with Crippen LogP contribution in [0.1, 0.15) is 18.4 Å². The van der Waals surface area contributed by atoms with Gasteiger partial charge in [0.15, 0.2) is 0 Å². The molecule has 84 valence electrons. The number of hydrogen-bond donors (Lipinski definition) is 2. The van der Waals surface area contributed by atoms with Crippen LogP contribution in [0.3, 0.4) is 0 Å². The normalized spacial score (nSPS) is 21.9. The minimum atomic E-state index is -0.259. The molecular weight excluding hydrogens is 315 g/mol. The SMILES string of the molecule is O=C1Nc2cc(I)ccc2C12CCNCC2. The molecule has 2 aliphatic heterocycles. The van der Waals surface area contributed by atoms with Crippen molar-refractivity contribution >= 4 is 34.2 Å². The van der Waals surface area contributed by atoms with Crippen molar-refractivity contribution < 1.29 is 4.79 Å². The average Bonchev–Trinajstić information content (AvgIpc) is 2.53. The molecule has 3 nitrogen and oxygen atoms in total. The minimum absolute atomic E-state index is 0.186. The summed E-state index contributed by atoms with van der Waals surface area (Å²) in [4.78, 5) is 12.2. The van der Waals surface area contributed by atoms with E-state index in [1.54, 1.807) is 0 Å². The number of hydrogen-bond acceptors (Lipinski definition) is 2. The molecule has 0 saturated carbocycles. The summed E-state index contributed by atoms with van der Waals surface area (Å²) in [5, 5.41) is 6.34. The van der Waals surface area contributed by atoms with Gasteiger partial charge in [-0.15, -0.1) is 0 Å². The molecule has 1 spiro atoms. The largest absolute Gasteiger partial charge is 0.325 e. The summed E-state index contributed by atoms with van der Waals surface area (Å²) in [5.74, 6) is 0.186. The monoisotopic (exact) mass is 328 g/mol. The molecule has 2 N–H and O–H groups in total. The number of piperidine rings is 1. The molecule has 0 radical (unpaired) electrons. The molecule has 1 amide bonds. The Kier molecular flexibility index (Phi) is 2.43. The van der Waals surface area contributed by atoms with E-state index < -0.39 is 0 Å². The maximum atomic E-state index is 12.2. The molecular formula is C12H13IN2O. The van der Waals surface area contributed by atoms with E-state index in [-0.39, 0.29) is 11.3 Å². The fourth-order valence-corrected chi connectivity index (χ4v) is 3.24. The molecule has 0 unspecified atom stereocenters. The Morgan fingerprint density at radius 2 is 2.00 bits per heavy atom. The van der Waals surface area contributed by atoms with Gasteiger partial charge in [0.05, 0.1) is 5.41 Å². The van der Waals surface area contributed by atoms with Crippen LogP contribution in [0.4, 0.5) is 5.69 Å². The third kappa shape index (κ3) is 1.39. The highest BCUT2D eigenvalue weighted by Gasteiger charge is 2.46. The standard InChI is InChI=1S/C12H13IN2O/c13-8-1-2-9-10(7-8)15-11(16)12(9)3-5-14-6-4-12/h1-2,7,14H,3-6H2,(H,15,16). The maximum Gasteiger partial charge on any atom is 0.235 e. The van der Waals surface area contributed by atoms with Gasteiger partial charge in [-0.05, 0) is 66.2 Å². The van der Waals surface area contributed by atoms with E-state index in [0.717, 1.165) is 31.6 Å². The highest BCUT2D eigenvalue weighted by Crippen LogP contribution is 2.44. The first-order valence-electron chi connectivity index (χ1n) is 5.55. The zero-order chi connectivity index (χ0) is 11.2. The highest BCUT2D eigenvalue weighted by atomic mass is 127. The smallest absolute Gasteiger partial charge is 0.235 e. The van der Waals surface area contributed by atoms with E-state index in [1.165, 1.54) is 9.13 Å². The number of halogens is 1. The number of carbonyl (C=O) groups excluding carboxylic acids is 1. The number of benzene rings is 1. The maximum absolute atomic E-state index is 12.2. The van der Waals surface area contributed by atoms with E-state index in [1.807, 2.05) is 0 Å². The number of nitrogens with one attached hydrogen (secondary N) is 2. The lowest BCUT2D eigenvalue weighted by Crippen LogP contribution is -2.44. The van der Waals surface area contributed by atoms with Crippen LogP contribution in [0.25, 0.3) is 0 Å². The fourth-order valence-electron chi connectivity index (χ4n) is 2.75. The van der Waals surface area contributed by atoms with Crippen LogP contribution in [-0.4, -0.2) is 19.0 Å². The summed E-state index contributed by atoms with van der Waals surface area (Å²) in [6.45, 7) is 1.86. The van der Waals surface area contributed by atoms with Gasteiger partial charge < -0.3 is 10.6 Å². The van der Waals surface area contributed by atoms with Gasteiger partial charge in [-0.3, -0.25) is 4.79 Å². The van der Waals surface area contributed by atoms with Crippen molar-refractivity contribution in [3.05, 3.63) is 27.3 Å². The Morgan fingerprint density at radius 3 is 2.75 bits per heavy atom. The minimum Gasteiger partial charge on any atom is -0.325 e. The van der Waals surface area contributed by atoms with E-state index >= 15 is 0 Å². The Hall–Kier alpha value is -0.620.